The minimum Gasteiger partial charge on any atom is -0.453 e. The van der Waals surface area contributed by atoms with Gasteiger partial charge >= 0.3 is 6.09 Å². The topological polar surface area (TPSA) is 51.2 Å². The summed E-state index contributed by atoms with van der Waals surface area (Å²) < 4.78 is 4.50. The highest BCUT2D eigenvalue weighted by atomic mass is 16.5. The highest BCUT2D eigenvalue weighted by Gasteiger charge is 2.07. The fraction of sp³-hybridized carbons (Fsp3) is 0.455. The van der Waals surface area contributed by atoms with Crippen molar-refractivity contribution in [3.63, 3.8) is 0 Å². The van der Waals surface area contributed by atoms with E-state index in [1.165, 1.54) is 12.7 Å². The van der Waals surface area contributed by atoms with Gasteiger partial charge in [-0.25, -0.2) is 4.79 Å². The second-order valence-corrected chi connectivity index (χ2v) is 3.57. The van der Waals surface area contributed by atoms with Crippen LogP contribution in [0.4, 0.5) is 4.79 Å². The number of aromatic nitrogens is 1. The molecule has 0 aliphatic rings. The Morgan fingerprint density at radius 2 is 2.33 bits per heavy atom. The van der Waals surface area contributed by atoms with Gasteiger partial charge in [-0.2, -0.15) is 0 Å². The van der Waals surface area contributed by atoms with Crippen molar-refractivity contribution in [2.75, 3.05) is 7.11 Å². The van der Waals surface area contributed by atoms with Gasteiger partial charge in [-0.15, -0.1) is 0 Å². The van der Waals surface area contributed by atoms with Crippen molar-refractivity contribution in [3.8, 4) is 0 Å². The number of hydrogen-bond acceptors (Lipinski definition) is 3. The number of ether oxygens (including phenoxy) is 1. The smallest absolute Gasteiger partial charge is 0.407 e. The Morgan fingerprint density at radius 3 is 2.93 bits per heavy atom. The predicted molar refractivity (Wildman–Crippen MR) is 57.6 cm³/mol. The lowest BCUT2D eigenvalue weighted by Gasteiger charge is -2.12. The van der Waals surface area contributed by atoms with Crippen LogP contribution in [0, 0.1) is 0 Å². The highest BCUT2D eigenvalue weighted by molar-refractivity contribution is 5.66. The molecule has 4 nitrogen and oxygen atoms in total. The van der Waals surface area contributed by atoms with E-state index in [4.69, 9.17) is 0 Å². The monoisotopic (exact) mass is 208 g/mol. The molecule has 0 unspecified atom stereocenters. The molecule has 1 aromatic heterocycles. The minimum atomic E-state index is -0.423. The van der Waals surface area contributed by atoms with Gasteiger partial charge in [-0.1, -0.05) is 13.8 Å². The number of pyridine rings is 1. The molecule has 15 heavy (non-hydrogen) atoms. The van der Waals surface area contributed by atoms with E-state index < -0.39 is 6.09 Å². The molecule has 0 atom stereocenters. The van der Waals surface area contributed by atoms with Gasteiger partial charge in [-0.05, 0) is 23.1 Å². The highest BCUT2D eigenvalue weighted by Crippen LogP contribution is 2.17. The van der Waals surface area contributed by atoms with Crippen LogP contribution in [-0.2, 0) is 11.3 Å². The largest absolute Gasteiger partial charge is 0.453 e. The third-order valence-corrected chi connectivity index (χ3v) is 2.17. The summed E-state index contributed by atoms with van der Waals surface area (Å²) in [6, 6.07) is 1.97. The Hall–Kier alpha value is -1.58. The molecule has 1 aromatic rings. The third kappa shape index (κ3) is 3.23. The van der Waals surface area contributed by atoms with Crippen LogP contribution >= 0.6 is 0 Å². The van der Waals surface area contributed by atoms with E-state index in [2.05, 4.69) is 28.9 Å². The van der Waals surface area contributed by atoms with Crippen molar-refractivity contribution in [2.45, 2.75) is 26.3 Å². The van der Waals surface area contributed by atoms with E-state index in [1.807, 2.05) is 6.07 Å². The molecule has 1 N–H and O–H groups in total. The van der Waals surface area contributed by atoms with Gasteiger partial charge in [0, 0.05) is 18.9 Å². The first-order valence-corrected chi connectivity index (χ1v) is 4.89. The van der Waals surface area contributed by atoms with Crippen LogP contribution in [0.3, 0.4) is 0 Å². The van der Waals surface area contributed by atoms with Crippen LogP contribution in [0.2, 0.25) is 0 Å². The number of amides is 1. The number of methoxy groups -OCH3 is 1. The van der Waals surface area contributed by atoms with Gasteiger partial charge in [0.2, 0.25) is 0 Å². The molecule has 0 spiro atoms. The second kappa shape index (κ2) is 5.34. The molecule has 0 aromatic carbocycles. The molecule has 1 amide bonds. The second-order valence-electron chi connectivity index (χ2n) is 3.57. The van der Waals surface area contributed by atoms with Crippen molar-refractivity contribution in [3.05, 3.63) is 29.6 Å². The maximum Gasteiger partial charge on any atom is 0.407 e. The predicted octanol–water partition coefficient (Wildman–Crippen LogP) is 2.06. The summed E-state index contributed by atoms with van der Waals surface area (Å²) >= 11 is 0. The number of hydrogen-bond donors (Lipinski definition) is 1. The Bertz CT molecular complexity index is 337. The zero-order valence-corrected chi connectivity index (χ0v) is 9.28. The summed E-state index contributed by atoms with van der Waals surface area (Å²) in [5.41, 5.74) is 2.22. The van der Waals surface area contributed by atoms with E-state index in [1.54, 1.807) is 12.4 Å². The van der Waals surface area contributed by atoms with Crippen LogP contribution in [-0.4, -0.2) is 18.2 Å². The molecule has 1 heterocycles. The number of nitrogens with zero attached hydrogens (tertiary/aromatic N) is 1. The fourth-order valence-corrected chi connectivity index (χ4v) is 1.39. The summed E-state index contributed by atoms with van der Waals surface area (Å²) in [5, 5.41) is 2.64. The SMILES string of the molecule is COC(=O)NCc1cnccc1C(C)C. The van der Waals surface area contributed by atoms with Crippen molar-refractivity contribution >= 4 is 6.09 Å². The molecule has 1 rings (SSSR count). The summed E-state index contributed by atoms with van der Waals surface area (Å²) in [4.78, 5) is 15.0. The zero-order chi connectivity index (χ0) is 11.3. The van der Waals surface area contributed by atoms with Crippen LogP contribution in [0.5, 0.6) is 0 Å². The molecule has 82 valence electrons. The number of carbonyl (C=O) groups is 1. The summed E-state index contributed by atoms with van der Waals surface area (Å²) in [6.45, 7) is 4.67. The average Bonchev–Trinajstić information content (AvgIpc) is 2.26. The first-order valence-electron chi connectivity index (χ1n) is 4.89. The third-order valence-electron chi connectivity index (χ3n) is 2.17. The lowest BCUT2D eigenvalue weighted by atomic mass is 9.99. The van der Waals surface area contributed by atoms with Crippen molar-refractivity contribution in [2.24, 2.45) is 0 Å². The van der Waals surface area contributed by atoms with Gasteiger partial charge in [-0.3, -0.25) is 4.98 Å². The van der Waals surface area contributed by atoms with E-state index in [0.717, 1.165) is 5.56 Å². The molecule has 0 saturated heterocycles. The molecular weight excluding hydrogens is 192 g/mol. The molecule has 0 radical (unpaired) electrons. The number of nitrogens with one attached hydrogen (secondary N) is 1. The first kappa shape index (κ1) is 11.5. The van der Waals surface area contributed by atoms with Crippen molar-refractivity contribution in [1.82, 2.24) is 10.3 Å². The fourth-order valence-electron chi connectivity index (χ4n) is 1.39. The van der Waals surface area contributed by atoms with E-state index in [0.29, 0.717) is 12.5 Å². The standard InChI is InChI=1S/C11H16N2O2/c1-8(2)10-4-5-12-6-9(10)7-13-11(14)15-3/h4-6,8H,7H2,1-3H3,(H,13,14). The normalized spacial score (nSPS) is 10.1. The molecule has 0 bridgehead atoms. The summed E-state index contributed by atoms with van der Waals surface area (Å²) in [7, 11) is 1.35. The van der Waals surface area contributed by atoms with Crippen LogP contribution in [0.25, 0.3) is 0 Å². The van der Waals surface area contributed by atoms with Gasteiger partial charge in [0.05, 0.1) is 7.11 Å². The molecule has 0 fully saturated rings. The van der Waals surface area contributed by atoms with Crippen LogP contribution in [0.15, 0.2) is 18.5 Å². The Balaban J connectivity index is 2.71. The van der Waals surface area contributed by atoms with Crippen molar-refractivity contribution < 1.29 is 9.53 Å². The molecule has 0 aliphatic heterocycles. The van der Waals surface area contributed by atoms with E-state index in [9.17, 15) is 4.79 Å². The van der Waals surface area contributed by atoms with Crippen molar-refractivity contribution in [1.29, 1.82) is 0 Å². The van der Waals surface area contributed by atoms with Gasteiger partial charge < -0.3 is 10.1 Å². The zero-order valence-electron chi connectivity index (χ0n) is 9.28. The Labute approximate surface area is 89.7 Å². The molecular formula is C11H16N2O2. The summed E-state index contributed by atoms with van der Waals surface area (Å²) in [6.07, 6.45) is 3.11. The Kier molecular flexibility index (Phi) is 4.09. The molecule has 0 saturated carbocycles. The first-order chi connectivity index (χ1) is 7.15. The van der Waals surface area contributed by atoms with E-state index in [-0.39, 0.29) is 0 Å². The summed E-state index contributed by atoms with van der Waals surface area (Å²) in [5.74, 6) is 0.419. The van der Waals surface area contributed by atoms with Crippen LogP contribution < -0.4 is 5.32 Å². The molecule has 0 aliphatic carbocycles. The minimum absolute atomic E-state index is 0.419. The lowest BCUT2D eigenvalue weighted by molar-refractivity contribution is 0.170. The Morgan fingerprint density at radius 1 is 1.60 bits per heavy atom. The average molecular weight is 208 g/mol. The van der Waals surface area contributed by atoms with E-state index >= 15 is 0 Å². The number of carbonyl (C=O) groups excluding carboxylic acids is 1. The van der Waals surface area contributed by atoms with Gasteiger partial charge in [0.15, 0.2) is 0 Å². The number of alkyl carbamates (subject to hydrolysis) is 1. The quantitative estimate of drug-likeness (QED) is 0.827. The van der Waals surface area contributed by atoms with Gasteiger partial charge in [0.25, 0.3) is 0 Å². The maximum atomic E-state index is 10.9. The van der Waals surface area contributed by atoms with Gasteiger partial charge in [0.1, 0.15) is 0 Å². The number of rotatable bonds is 3. The maximum absolute atomic E-state index is 10.9. The lowest BCUT2D eigenvalue weighted by Crippen LogP contribution is -2.23. The molecule has 4 heteroatoms. The van der Waals surface area contributed by atoms with Crippen LogP contribution in [0.1, 0.15) is 30.9 Å².